The number of nitrogens with two attached hydrogens (primary N) is 1. The van der Waals surface area contributed by atoms with E-state index in [1.807, 2.05) is 0 Å². The van der Waals surface area contributed by atoms with Crippen molar-refractivity contribution in [2.75, 3.05) is 11.1 Å². The molecule has 0 aliphatic carbocycles. The summed E-state index contributed by atoms with van der Waals surface area (Å²) in [6, 6.07) is 5.91. The number of hydrogen-bond donors (Lipinski definition) is 3. The Balaban J connectivity index is 2.29. The van der Waals surface area contributed by atoms with Crippen LogP contribution in [0.4, 0.5) is 11.4 Å². The summed E-state index contributed by atoms with van der Waals surface area (Å²) in [5, 5.41) is 8.51. The number of aromatic nitrogens is 2. The van der Waals surface area contributed by atoms with Gasteiger partial charge in [-0.2, -0.15) is 5.10 Å². The SMILES string of the molecule is Nc1cc(Br)c(NC(=O)c2ccc(=O)[nH]n2)c(Br)c1. The molecule has 19 heavy (non-hydrogen) atoms. The van der Waals surface area contributed by atoms with Crippen LogP contribution in [-0.4, -0.2) is 16.1 Å². The lowest BCUT2D eigenvalue weighted by Gasteiger charge is -2.10. The van der Waals surface area contributed by atoms with Crippen LogP contribution >= 0.6 is 31.9 Å². The minimum atomic E-state index is -0.442. The predicted molar refractivity (Wildman–Crippen MR) is 79.1 cm³/mol. The van der Waals surface area contributed by atoms with E-state index in [1.54, 1.807) is 12.1 Å². The Morgan fingerprint density at radius 3 is 2.42 bits per heavy atom. The molecule has 1 heterocycles. The van der Waals surface area contributed by atoms with Crippen molar-refractivity contribution in [3.8, 4) is 0 Å². The lowest BCUT2D eigenvalue weighted by Crippen LogP contribution is -2.18. The first-order valence-electron chi connectivity index (χ1n) is 5.09. The number of amides is 1. The smallest absolute Gasteiger partial charge is 0.276 e. The Kier molecular flexibility index (Phi) is 4.01. The van der Waals surface area contributed by atoms with Gasteiger partial charge in [-0.1, -0.05) is 0 Å². The topological polar surface area (TPSA) is 101 Å². The number of anilines is 2. The van der Waals surface area contributed by atoms with Gasteiger partial charge in [-0.05, 0) is 50.1 Å². The van der Waals surface area contributed by atoms with Gasteiger partial charge in [-0.15, -0.1) is 0 Å². The Morgan fingerprint density at radius 1 is 1.26 bits per heavy atom. The van der Waals surface area contributed by atoms with Gasteiger partial charge in [0.1, 0.15) is 5.69 Å². The number of carbonyl (C=O) groups is 1. The third-order valence-corrected chi connectivity index (χ3v) is 3.47. The summed E-state index contributed by atoms with van der Waals surface area (Å²) in [6.07, 6.45) is 0. The number of benzene rings is 1. The molecule has 1 aromatic heterocycles. The van der Waals surface area contributed by atoms with Crippen molar-refractivity contribution in [2.24, 2.45) is 0 Å². The lowest BCUT2D eigenvalue weighted by molar-refractivity contribution is 0.102. The van der Waals surface area contributed by atoms with Crippen LogP contribution in [0, 0.1) is 0 Å². The number of hydrogen-bond acceptors (Lipinski definition) is 4. The summed E-state index contributed by atoms with van der Waals surface area (Å²) in [6.45, 7) is 0. The first-order valence-corrected chi connectivity index (χ1v) is 6.67. The number of nitrogens with zero attached hydrogens (tertiary/aromatic N) is 1. The molecule has 98 valence electrons. The van der Waals surface area contributed by atoms with Crippen LogP contribution in [0.25, 0.3) is 0 Å². The van der Waals surface area contributed by atoms with Gasteiger partial charge < -0.3 is 11.1 Å². The van der Waals surface area contributed by atoms with Gasteiger partial charge in [0.2, 0.25) is 0 Å². The maximum Gasteiger partial charge on any atom is 0.276 e. The zero-order valence-corrected chi connectivity index (χ0v) is 12.6. The average molecular weight is 388 g/mol. The second-order valence-electron chi connectivity index (χ2n) is 3.62. The van der Waals surface area contributed by atoms with Gasteiger partial charge in [0.05, 0.1) is 5.69 Å². The third-order valence-electron chi connectivity index (χ3n) is 2.21. The molecule has 0 unspecified atom stereocenters. The normalized spacial score (nSPS) is 10.2. The van der Waals surface area contributed by atoms with Crippen molar-refractivity contribution in [2.45, 2.75) is 0 Å². The fraction of sp³-hybridized carbons (Fsp3) is 0. The molecule has 0 spiro atoms. The summed E-state index contributed by atoms with van der Waals surface area (Å²) in [7, 11) is 0. The molecular weight excluding hydrogens is 380 g/mol. The van der Waals surface area contributed by atoms with Gasteiger partial charge in [0.25, 0.3) is 11.5 Å². The van der Waals surface area contributed by atoms with Gasteiger partial charge in [0.15, 0.2) is 0 Å². The molecule has 0 aliphatic rings. The molecule has 0 saturated carbocycles. The van der Waals surface area contributed by atoms with E-state index >= 15 is 0 Å². The number of rotatable bonds is 2. The highest BCUT2D eigenvalue weighted by Crippen LogP contribution is 2.33. The highest BCUT2D eigenvalue weighted by Gasteiger charge is 2.13. The molecule has 2 aromatic rings. The highest BCUT2D eigenvalue weighted by molar-refractivity contribution is 9.11. The van der Waals surface area contributed by atoms with Crippen molar-refractivity contribution < 1.29 is 4.79 Å². The number of H-pyrrole nitrogens is 1. The van der Waals surface area contributed by atoms with E-state index in [0.29, 0.717) is 20.3 Å². The molecule has 0 bridgehead atoms. The van der Waals surface area contributed by atoms with Crippen molar-refractivity contribution in [3.63, 3.8) is 0 Å². The van der Waals surface area contributed by atoms with Crippen LogP contribution in [0.1, 0.15) is 10.5 Å². The number of nitrogens with one attached hydrogen (secondary N) is 2. The summed E-state index contributed by atoms with van der Waals surface area (Å²) < 4.78 is 1.27. The monoisotopic (exact) mass is 386 g/mol. The quantitative estimate of drug-likeness (QED) is 0.687. The molecule has 2 rings (SSSR count). The Morgan fingerprint density at radius 2 is 1.89 bits per heavy atom. The van der Waals surface area contributed by atoms with Crippen LogP contribution in [0.3, 0.4) is 0 Å². The van der Waals surface area contributed by atoms with Gasteiger partial charge in [0, 0.05) is 20.7 Å². The largest absolute Gasteiger partial charge is 0.399 e. The third kappa shape index (κ3) is 3.21. The van der Waals surface area contributed by atoms with Gasteiger partial charge in [-0.3, -0.25) is 9.59 Å². The van der Waals surface area contributed by atoms with Crippen LogP contribution < -0.4 is 16.6 Å². The zero-order valence-electron chi connectivity index (χ0n) is 9.41. The Hall–Kier alpha value is -1.67. The number of nitrogen functional groups attached to an aromatic ring is 1. The van der Waals surface area contributed by atoms with Crippen LogP contribution in [0.5, 0.6) is 0 Å². The fourth-order valence-corrected chi connectivity index (χ4v) is 2.78. The second kappa shape index (κ2) is 5.54. The first kappa shape index (κ1) is 13.8. The molecule has 6 nitrogen and oxygen atoms in total. The van der Waals surface area contributed by atoms with E-state index in [0.717, 1.165) is 0 Å². The summed E-state index contributed by atoms with van der Waals surface area (Å²) in [5.41, 5.74) is 6.49. The minimum absolute atomic E-state index is 0.107. The maximum atomic E-state index is 11.9. The van der Waals surface area contributed by atoms with Crippen molar-refractivity contribution in [1.29, 1.82) is 0 Å². The highest BCUT2D eigenvalue weighted by atomic mass is 79.9. The van der Waals surface area contributed by atoms with E-state index < -0.39 is 5.91 Å². The van der Waals surface area contributed by atoms with Gasteiger partial charge in [-0.25, -0.2) is 5.10 Å². The van der Waals surface area contributed by atoms with E-state index in [-0.39, 0.29) is 11.3 Å². The standard InChI is InChI=1S/C11H8Br2N4O2/c12-6-3-5(14)4-7(13)10(6)15-11(19)8-1-2-9(18)17-16-8/h1-4H,14H2,(H,15,19)(H,17,18). The van der Waals surface area contributed by atoms with Crippen molar-refractivity contribution in [1.82, 2.24) is 10.2 Å². The minimum Gasteiger partial charge on any atom is -0.399 e. The fourth-order valence-electron chi connectivity index (χ4n) is 1.36. The molecule has 0 atom stereocenters. The van der Waals surface area contributed by atoms with E-state index in [1.165, 1.54) is 12.1 Å². The van der Waals surface area contributed by atoms with E-state index in [2.05, 4.69) is 47.4 Å². The number of aromatic amines is 1. The Bertz CT molecular complexity index is 656. The predicted octanol–water partition coefficient (Wildman–Crippen LogP) is 2.13. The maximum absolute atomic E-state index is 11.9. The Labute approximate surface area is 124 Å². The molecule has 0 fully saturated rings. The van der Waals surface area contributed by atoms with Gasteiger partial charge >= 0.3 is 0 Å². The number of halogens is 2. The molecule has 0 saturated heterocycles. The summed E-state index contributed by atoms with van der Waals surface area (Å²) in [5.74, 6) is -0.442. The molecule has 8 heteroatoms. The molecule has 0 aliphatic heterocycles. The molecule has 0 radical (unpaired) electrons. The van der Waals surface area contributed by atoms with Crippen molar-refractivity contribution >= 4 is 49.1 Å². The summed E-state index contributed by atoms with van der Waals surface area (Å²) in [4.78, 5) is 22.8. The number of carbonyl (C=O) groups excluding carboxylic acids is 1. The average Bonchev–Trinajstić information content (AvgIpc) is 2.34. The van der Waals surface area contributed by atoms with E-state index in [4.69, 9.17) is 5.73 Å². The van der Waals surface area contributed by atoms with Crippen molar-refractivity contribution in [3.05, 3.63) is 49.3 Å². The van der Waals surface area contributed by atoms with Crippen LogP contribution in [0.15, 0.2) is 38.0 Å². The summed E-state index contributed by atoms with van der Waals surface area (Å²) >= 11 is 6.62. The lowest BCUT2D eigenvalue weighted by atomic mass is 10.2. The molecule has 1 amide bonds. The first-order chi connectivity index (χ1) is 8.97. The van der Waals surface area contributed by atoms with Crippen LogP contribution in [-0.2, 0) is 0 Å². The van der Waals surface area contributed by atoms with Crippen LogP contribution in [0.2, 0.25) is 0 Å². The molecular formula is C11H8Br2N4O2. The molecule has 1 aromatic carbocycles. The van der Waals surface area contributed by atoms with E-state index in [9.17, 15) is 9.59 Å². The zero-order chi connectivity index (χ0) is 14.0. The second-order valence-corrected chi connectivity index (χ2v) is 5.33. The molecule has 4 N–H and O–H groups in total.